The number of phenolic OH excluding ortho intramolecular Hbond substituents is 1. The monoisotopic (exact) mass is 877 g/mol. The summed E-state index contributed by atoms with van der Waals surface area (Å²) in [4.78, 5) is 56.2. The van der Waals surface area contributed by atoms with Gasteiger partial charge in [-0.05, 0) is 108 Å². The van der Waals surface area contributed by atoms with E-state index in [1.54, 1.807) is 51.1 Å². The van der Waals surface area contributed by atoms with Crippen LogP contribution in [0.1, 0.15) is 76.4 Å². The molecule has 56 heavy (non-hydrogen) atoms. The predicted molar refractivity (Wildman–Crippen MR) is 215 cm³/mol. The third-order valence-corrected chi connectivity index (χ3v) is 14.7. The van der Waals surface area contributed by atoms with Gasteiger partial charge in [0.15, 0.2) is 25.9 Å². The highest BCUT2D eigenvalue weighted by atomic mass is 79.9. The van der Waals surface area contributed by atoms with Crippen LogP contribution in [0, 0.1) is 0 Å². The van der Waals surface area contributed by atoms with Crippen molar-refractivity contribution in [3.63, 3.8) is 0 Å². The van der Waals surface area contributed by atoms with Gasteiger partial charge in [0.25, 0.3) is 0 Å². The first-order chi connectivity index (χ1) is 26.0. The fourth-order valence-corrected chi connectivity index (χ4v) is 7.56. The van der Waals surface area contributed by atoms with Gasteiger partial charge in [0.2, 0.25) is 17.6 Å². The Balaban J connectivity index is 2.04. The van der Waals surface area contributed by atoms with Crippen molar-refractivity contribution >= 4 is 59.7 Å². The number of esters is 1. The molecule has 4 N–H and O–H groups in total. The lowest BCUT2D eigenvalue weighted by Gasteiger charge is -2.41. The summed E-state index contributed by atoms with van der Waals surface area (Å²) in [6.07, 6.45) is -2.12. The predicted octanol–water partition coefficient (Wildman–Crippen LogP) is 7.78. The number of rotatable bonds is 7. The van der Waals surface area contributed by atoms with Crippen LogP contribution in [0.5, 0.6) is 28.7 Å². The maximum Gasteiger partial charge on any atom is 0.408 e. The van der Waals surface area contributed by atoms with Crippen LogP contribution >= 0.6 is 27.5 Å². The molecule has 3 aromatic carbocycles. The number of amides is 3. The third-order valence-electron chi connectivity index (χ3n) is 9.36. The first kappa shape index (κ1) is 44.2. The van der Waals surface area contributed by atoms with Gasteiger partial charge in [0.1, 0.15) is 35.3 Å². The van der Waals surface area contributed by atoms with E-state index in [2.05, 4.69) is 31.9 Å². The van der Waals surface area contributed by atoms with Crippen LogP contribution in [0.15, 0.2) is 53.0 Å². The molecular formula is C39H49BrClN3O11Si. The normalized spacial score (nSPS) is 19.2. The van der Waals surface area contributed by atoms with Crippen LogP contribution in [0.2, 0.25) is 23.2 Å². The lowest BCUT2D eigenvalue weighted by Crippen LogP contribution is -2.54. The summed E-state index contributed by atoms with van der Waals surface area (Å²) in [6.45, 7) is 15.0. The van der Waals surface area contributed by atoms with Crippen LogP contribution in [-0.2, 0) is 28.3 Å². The molecule has 2 heterocycles. The van der Waals surface area contributed by atoms with E-state index < -0.39 is 67.8 Å². The Morgan fingerprint density at radius 2 is 1.54 bits per heavy atom. The highest BCUT2D eigenvalue weighted by molar-refractivity contribution is 9.10. The summed E-state index contributed by atoms with van der Waals surface area (Å²) in [5.74, 6) is -2.63. The molecule has 4 bridgehead atoms. The molecule has 0 spiro atoms. The van der Waals surface area contributed by atoms with Crippen molar-refractivity contribution in [2.75, 3.05) is 21.3 Å². The number of hydrogen-bond donors (Lipinski definition) is 4. The van der Waals surface area contributed by atoms with E-state index in [-0.39, 0.29) is 38.4 Å². The highest BCUT2D eigenvalue weighted by Crippen LogP contribution is 2.45. The van der Waals surface area contributed by atoms with Gasteiger partial charge in [-0.2, -0.15) is 0 Å². The zero-order chi connectivity index (χ0) is 41.9. The number of hydrogen-bond acceptors (Lipinski definition) is 11. The summed E-state index contributed by atoms with van der Waals surface area (Å²) in [6, 6.07) is 7.45. The number of halogens is 2. The van der Waals surface area contributed by atoms with Crippen LogP contribution in [0.3, 0.4) is 0 Å². The summed E-state index contributed by atoms with van der Waals surface area (Å²) < 4.78 is 35.1. The van der Waals surface area contributed by atoms with E-state index in [0.29, 0.717) is 15.8 Å². The molecule has 17 heteroatoms. The van der Waals surface area contributed by atoms with E-state index >= 15 is 0 Å². The van der Waals surface area contributed by atoms with Crippen LogP contribution < -0.4 is 30.2 Å². The number of aromatic hydroxyl groups is 1. The Kier molecular flexibility index (Phi) is 13.7. The molecule has 2 aliphatic heterocycles. The Bertz CT molecular complexity index is 1980. The molecule has 0 radical (unpaired) electrons. The lowest BCUT2D eigenvalue weighted by molar-refractivity contribution is -0.148. The molecule has 304 valence electrons. The standard InChI is InChI=1S/C39H49BrClN3O11Si/c1-38(2,3)54-37(49)44-30-22-18-25(45)33(51-8)28(19-22)53-27-15-13-21(17-24(27)41)32(55-56(10,11)39(4,5)6)31(36(48)52-9)43-34(46)29(42-35(30)47)20-12-14-26(50-7)23(40)16-20/h12-19,29-32,45H,1-11H3,(H,42,47)(H,43,46)(H,44,49)/t29-,30-,31+,32-/m1/s1. The Morgan fingerprint density at radius 3 is 2.09 bits per heavy atom. The maximum absolute atomic E-state index is 14.7. The molecule has 0 aromatic heterocycles. The number of methoxy groups -OCH3 is 3. The molecule has 3 aromatic rings. The van der Waals surface area contributed by atoms with Gasteiger partial charge in [-0.1, -0.05) is 44.5 Å². The maximum atomic E-state index is 14.7. The Labute approximate surface area is 341 Å². The molecule has 0 aliphatic carbocycles. The molecule has 14 nitrogen and oxygen atoms in total. The number of alkyl carbamates (subject to hydrolysis) is 1. The molecule has 0 fully saturated rings. The van der Waals surface area contributed by atoms with Gasteiger partial charge in [0, 0.05) is 0 Å². The van der Waals surface area contributed by atoms with Crippen molar-refractivity contribution in [2.45, 2.75) is 89.5 Å². The number of nitrogens with one attached hydrogen (secondary N) is 3. The van der Waals surface area contributed by atoms with Crippen molar-refractivity contribution in [3.8, 4) is 28.7 Å². The van der Waals surface area contributed by atoms with Crippen molar-refractivity contribution in [2.24, 2.45) is 0 Å². The van der Waals surface area contributed by atoms with Gasteiger partial charge >= 0.3 is 12.1 Å². The number of phenols is 1. The molecule has 0 saturated carbocycles. The van der Waals surface area contributed by atoms with Gasteiger partial charge in [-0.3, -0.25) is 9.59 Å². The number of fused-ring (bicyclic) bond motifs is 9. The van der Waals surface area contributed by atoms with E-state index in [1.165, 1.54) is 39.5 Å². The second kappa shape index (κ2) is 17.3. The van der Waals surface area contributed by atoms with E-state index in [0.717, 1.165) is 0 Å². The summed E-state index contributed by atoms with van der Waals surface area (Å²) in [5, 5.41) is 19.0. The van der Waals surface area contributed by atoms with E-state index in [4.69, 9.17) is 39.7 Å². The van der Waals surface area contributed by atoms with Gasteiger partial charge in [-0.15, -0.1) is 0 Å². The zero-order valence-corrected chi connectivity index (χ0v) is 36.6. The second-order valence-electron chi connectivity index (χ2n) is 15.6. The molecule has 3 amide bonds. The quantitative estimate of drug-likeness (QED) is 0.135. The summed E-state index contributed by atoms with van der Waals surface area (Å²) >= 11 is 10.3. The molecule has 0 unspecified atom stereocenters. The summed E-state index contributed by atoms with van der Waals surface area (Å²) in [7, 11) is 1.24. The van der Waals surface area contributed by atoms with Crippen LogP contribution in [0.4, 0.5) is 4.79 Å². The zero-order valence-electron chi connectivity index (χ0n) is 33.2. The lowest BCUT2D eigenvalue weighted by atomic mass is 9.99. The smallest absolute Gasteiger partial charge is 0.408 e. The molecule has 2 aliphatic rings. The molecule has 5 rings (SSSR count). The van der Waals surface area contributed by atoms with Crippen molar-refractivity contribution in [1.82, 2.24) is 16.0 Å². The van der Waals surface area contributed by atoms with Gasteiger partial charge < -0.3 is 49.2 Å². The first-order valence-corrected chi connectivity index (χ1v) is 21.7. The number of ether oxygens (including phenoxy) is 5. The first-order valence-electron chi connectivity index (χ1n) is 17.6. The number of benzene rings is 3. The minimum atomic E-state index is -2.72. The SMILES string of the molecule is COC(=O)[C@H]1NC(=O)[C@@H](c2ccc(OC)c(Br)c2)NC(=O)[C@H](NC(=O)OC(C)(C)C)c2cc(O)c(OC)c(c2)Oc2ccc(cc2Cl)[C@H]1O[Si](C)(C)C(C)(C)C. The Hall–Kier alpha value is -4.51. The van der Waals surface area contributed by atoms with Crippen molar-refractivity contribution in [1.29, 1.82) is 0 Å². The average Bonchev–Trinajstić information content (AvgIpc) is 3.09. The number of carbonyl (C=O) groups is 4. The van der Waals surface area contributed by atoms with Gasteiger partial charge in [0.05, 0.1) is 30.8 Å². The Morgan fingerprint density at radius 1 is 0.875 bits per heavy atom. The fourth-order valence-electron chi connectivity index (χ4n) is 5.51. The van der Waals surface area contributed by atoms with Crippen molar-refractivity contribution < 1.29 is 52.4 Å². The second-order valence-corrected chi connectivity index (χ2v) is 21.6. The minimum absolute atomic E-state index is 0.0202. The molecule has 0 saturated heterocycles. The highest BCUT2D eigenvalue weighted by Gasteiger charge is 2.45. The molecule has 4 atom stereocenters. The number of carbonyl (C=O) groups excluding carboxylic acids is 4. The van der Waals surface area contributed by atoms with E-state index in [9.17, 15) is 24.3 Å². The topological polar surface area (TPSA) is 180 Å². The summed E-state index contributed by atoms with van der Waals surface area (Å²) in [5.41, 5.74) is -0.262. The van der Waals surface area contributed by atoms with Crippen LogP contribution in [-0.4, -0.2) is 70.3 Å². The average molecular weight is 879 g/mol. The van der Waals surface area contributed by atoms with E-state index in [1.807, 2.05) is 33.9 Å². The van der Waals surface area contributed by atoms with Crippen LogP contribution in [0.25, 0.3) is 0 Å². The third kappa shape index (κ3) is 10.3. The fraction of sp³-hybridized carbons (Fsp3) is 0.436. The van der Waals surface area contributed by atoms with Gasteiger partial charge in [-0.25, -0.2) is 9.59 Å². The minimum Gasteiger partial charge on any atom is -0.504 e. The largest absolute Gasteiger partial charge is 0.504 e. The molecular weight excluding hydrogens is 830 g/mol. The van der Waals surface area contributed by atoms with Crippen molar-refractivity contribution in [3.05, 3.63) is 74.7 Å².